The lowest BCUT2D eigenvalue weighted by Gasteiger charge is -2.35. The molecule has 7 nitrogen and oxygen atoms in total. The summed E-state index contributed by atoms with van der Waals surface area (Å²) in [7, 11) is 1.88. The van der Waals surface area contributed by atoms with E-state index in [2.05, 4.69) is 27.2 Å². The van der Waals surface area contributed by atoms with Crippen LogP contribution in [0.25, 0.3) is 0 Å². The van der Waals surface area contributed by atoms with E-state index in [1.165, 1.54) is 5.56 Å². The molecule has 2 aromatic rings. The standard InChI is InChI=1S/C19H26N4O3/c1-22(14-19(24)25)16-9-11-23(12-10-16)13-18-20-17(21-26-18)8-7-15-5-3-2-4-6-15/h2-6,16H,7-14H2,1H3,(H,24,25). The fourth-order valence-electron chi connectivity index (χ4n) is 3.41. The van der Waals surface area contributed by atoms with Crippen molar-refractivity contribution in [2.75, 3.05) is 26.7 Å². The molecule has 0 spiro atoms. The van der Waals surface area contributed by atoms with Gasteiger partial charge in [0.2, 0.25) is 5.89 Å². The first kappa shape index (κ1) is 18.5. The fourth-order valence-corrected chi connectivity index (χ4v) is 3.41. The van der Waals surface area contributed by atoms with Crippen LogP contribution in [0.4, 0.5) is 0 Å². The molecule has 0 unspecified atom stereocenters. The second kappa shape index (κ2) is 8.91. The zero-order valence-electron chi connectivity index (χ0n) is 15.2. The summed E-state index contributed by atoms with van der Waals surface area (Å²) in [6.07, 6.45) is 3.59. The minimum absolute atomic E-state index is 0.0963. The summed E-state index contributed by atoms with van der Waals surface area (Å²) < 4.78 is 5.39. The van der Waals surface area contributed by atoms with Crippen LogP contribution in [0.1, 0.15) is 30.1 Å². The van der Waals surface area contributed by atoms with Crippen LogP contribution in [0, 0.1) is 0 Å². The molecular weight excluding hydrogens is 332 g/mol. The Morgan fingerprint density at radius 2 is 2.00 bits per heavy atom. The van der Waals surface area contributed by atoms with E-state index in [-0.39, 0.29) is 6.54 Å². The first-order valence-electron chi connectivity index (χ1n) is 9.10. The highest BCUT2D eigenvalue weighted by molar-refractivity contribution is 5.69. The molecule has 0 aliphatic carbocycles. The molecule has 1 aliphatic rings. The molecule has 1 N–H and O–H groups in total. The molecule has 7 heteroatoms. The van der Waals surface area contributed by atoms with Gasteiger partial charge in [0.15, 0.2) is 5.82 Å². The van der Waals surface area contributed by atoms with Crippen molar-refractivity contribution >= 4 is 5.97 Å². The summed E-state index contributed by atoms with van der Waals surface area (Å²) in [6.45, 7) is 2.58. The van der Waals surface area contributed by atoms with Crippen molar-refractivity contribution in [3.05, 3.63) is 47.6 Å². The van der Waals surface area contributed by atoms with Crippen molar-refractivity contribution in [3.63, 3.8) is 0 Å². The number of aryl methyl sites for hydroxylation is 2. The normalized spacial score (nSPS) is 16.2. The predicted octanol–water partition coefficient (Wildman–Crippen LogP) is 1.84. The number of piperidine rings is 1. The van der Waals surface area contributed by atoms with Crippen LogP contribution in [-0.4, -0.2) is 63.7 Å². The van der Waals surface area contributed by atoms with Gasteiger partial charge in [-0.3, -0.25) is 14.6 Å². The fraction of sp³-hybridized carbons (Fsp3) is 0.526. The number of carboxylic acid groups (broad SMARTS) is 1. The smallest absolute Gasteiger partial charge is 0.317 e. The zero-order valence-corrected chi connectivity index (χ0v) is 15.2. The van der Waals surface area contributed by atoms with E-state index in [1.807, 2.05) is 30.1 Å². The summed E-state index contributed by atoms with van der Waals surface area (Å²) in [5.74, 6) is 0.633. The Hall–Kier alpha value is -2.25. The van der Waals surface area contributed by atoms with Crippen LogP contribution >= 0.6 is 0 Å². The molecule has 0 atom stereocenters. The van der Waals surface area contributed by atoms with Crippen molar-refractivity contribution in [1.29, 1.82) is 0 Å². The number of aliphatic carboxylic acids is 1. The molecule has 0 amide bonds. The second-order valence-corrected chi connectivity index (χ2v) is 6.91. The molecule has 0 bridgehead atoms. The number of hydrogen-bond acceptors (Lipinski definition) is 6. The Morgan fingerprint density at radius 1 is 1.27 bits per heavy atom. The third-order valence-electron chi connectivity index (χ3n) is 4.91. The highest BCUT2D eigenvalue weighted by Crippen LogP contribution is 2.17. The number of likely N-dealkylation sites (N-methyl/N-ethyl adjacent to an activating group) is 1. The van der Waals surface area contributed by atoms with Crippen molar-refractivity contribution in [3.8, 4) is 0 Å². The Kier molecular flexibility index (Phi) is 6.35. The quantitative estimate of drug-likeness (QED) is 0.771. The number of rotatable bonds is 8. The second-order valence-electron chi connectivity index (χ2n) is 6.91. The van der Waals surface area contributed by atoms with Crippen molar-refractivity contribution < 1.29 is 14.4 Å². The van der Waals surface area contributed by atoms with Crippen molar-refractivity contribution in [2.24, 2.45) is 0 Å². The molecule has 1 saturated heterocycles. The first-order chi connectivity index (χ1) is 12.6. The van der Waals surface area contributed by atoms with Crippen LogP contribution in [-0.2, 0) is 24.2 Å². The van der Waals surface area contributed by atoms with E-state index in [0.29, 0.717) is 18.5 Å². The number of aromatic nitrogens is 2. The molecule has 1 fully saturated rings. The van der Waals surface area contributed by atoms with E-state index in [4.69, 9.17) is 9.63 Å². The number of carboxylic acids is 1. The van der Waals surface area contributed by atoms with Gasteiger partial charge < -0.3 is 9.63 Å². The third kappa shape index (κ3) is 5.37. The highest BCUT2D eigenvalue weighted by atomic mass is 16.5. The van der Waals surface area contributed by atoms with E-state index >= 15 is 0 Å². The number of carbonyl (C=O) groups is 1. The predicted molar refractivity (Wildman–Crippen MR) is 96.7 cm³/mol. The van der Waals surface area contributed by atoms with Crippen LogP contribution in [0.3, 0.4) is 0 Å². The molecule has 0 saturated carbocycles. The topological polar surface area (TPSA) is 82.7 Å². The minimum atomic E-state index is -0.774. The third-order valence-corrected chi connectivity index (χ3v) is 4.91. The van der Waals surface area contributed by atoms with Crippen LogP contribution in [0.15, 0.2) is 34.9 Å². The van der Waals surface area contributed by atoms with Gasteiger partial charge in [0.25, 0.3) is 0 Å². The van der Waals surface area contributed by atoms with Gasteiger partial charge in [-0.15, -0.1) is 0 Å². The molecule has 2 heterocycles. The Morgan fingerprint density at radius 3 is 2.69 bits per heavy atom. The molecule has 1 aromatic heterocycles. The van der Waals surface area contributed by atoms with E-state index in [9.17, 15) is 4.79 Å². The summed E-state index contributed by atoms with van der Waals surface area (Å²) >= 11 is 0. The molecule has 1 aliphatic heterocycles. The molecule has 140 valence electrons. The minimum Gasteiger partial charge on any atom is -0.480 e. The van der Waals surface area contributed by atoms with Gasteiger partial charge >= 0.3 is 5.97 Å². The summed E-state index contributed by atoms with van der Waals surface area (Å²) in [4.78, 5) is 19.5. The lowest BCUT2D eigenvalue weighted by atomic mass is 10.0. The number of likely N-dealkylation sites (tertiary alicyclic amines) is 1. The zero-order chi connectivity index (χ0) is 18.4. The highest BCUT2D eigenvalue weighted by Gasteiger charge is 2.24. The van der Waals surface area contributed by atoms with Crippen LogP contribution in [0.2, 0.25) is 0 Å². The summed E-state index contributed by atoms with van der Waals surface area (Å²) in [5, 5.41) is 13.0. The van der Waals surface area contributed by atoms with Crippen LogP contribution < -0.4 is 0 Å². The summed E-state index contributed by atoms with van der Waals surface area (Å²) in [6, 6.07) is 10.6. The first-order valence-corrected chi connectivity index (χ1v) is 9.10. The van der Waals surface area contributed by atoms with E-state index in [1.54, 1.807) is 0 Å². The van der Waals surface area contributed by atoms with Crippen LogP contribution in [0.5, 0.6) is 0 Å². The van der Waals surface area contributed by atoms with Gasteiger partial charge in [0.05, 0.1) is 13.1 Å². The Labute approximate surface area is 153 Å². The molecule has 0 radical (unpaired) electrons. The SMILES string of the molecule is CN(CC(=O)O)C1CCN(Cc2nc(CCc3ccccc3)no2)CC1. The maximum absolute atomic E-state index is 10.8. The Bertz CT molecular complexity index is 696. The average molecular weight is 358 g/mol. The molecular formula is C19H26N4O3. The lowest BCUT2D eigenvalue weighted by molar-refractivity contribution is -0.138. The van der Waals surface area contributed by atoms with Crippen molar-refractivity contribution in [2.45, 2.75) is 38.3 Å². The molecule has 1 aromatic carbocycles. The van der Waals surface area contributed by atoms with Gasteiger partial charge in [-0.05, 0) is 31.9 Å². The van der Waals surface area contributed by atoms with E-state index < -0.39 is 5.97 Å². The number of hydrogen-bond donors (Lipinski definition) is 1. The average Bonchev–Trinajstić information content (AvgIpc) is 3.08. The molecule has 3 rings (SSSR count). The monoisotopic (exact) mass is 358 g/mol. The van der Waals surface area contributed by atoms with Gasteiger partial charge in [-0.2, -0.15) is 4.98 Å². The van der Waals surface area contributed by atoms with E-state index in [0.717, 1.165) is 44.6 Å². The van der Waals surface area contributed by atoms with Gasteiger partial charge in [-0.25, -0.2) is 0 Å². The number of nitrogens with zero attached hydrogens (tertiary/aromatic N) is 4. The van der Waals surface area contributed by atoms with Crippen molar-refractivity contribution in [1.82, 2.24) is 19.9 Å². The van der Waals surface area contributed by atoms with Gasteiger partial charge in [0.1, 0.15) is 0 Å². The number of benzene rings is 1. The Balaban J connectivity index is 1.43. The maximum atomic E-state index is 10.8. The van der Waals surface area contributed by atoms with Gasteiger partial charge in [0, 0.05) is 25.6 Å². The lowest BCUT2D eigenvalue weighted by Crippen LogP contribution is -2.44. The maximum Gasteiger partial charge on any atom is 0.317 e. The largest absolute Gasteiger partial charge is 0.480 e. The molecule has 26 heavy (non-hydrogen) atoms. The summed E-state index contributed by atoms with van der Waals surface area (Å²) in [5.41, 5.74) is 1.27. The van der Waals surface area contributed by atoms with Gasteiger partial charge in [-0.1, -0.05) is 35.5 Å².